The monoisotopic (exact) mass is 453 g/mol. The summed E-state index contributed by atoms with van der Waals surface area (Å²) in [5.41, 5.74) is 0.941. The van der Waals surface area contributed by atoms with Gasteiger partial charge in [0.1, 0.15) is 23.0 Å². The highest BCUT2D eigenvalue weighted by Crippen LogP contribution is 2.42. The van der Waals surface area contributed by atoms with E-state index in [1.165, 1.54) is 19.1 Å². The summed E-state index contributed by atoms with van der Waals surface area (Å²) in [6.45, 7) is 0.879. The first kappa shape index (κ1) is 22.7. The first-order valence-electron chi connectivity index (χ1n) is 10.7. The molecule has 0 bridgehead atoms. The standard InChI is InChI=1S/C25H27NO7/c1-30-16-7-4-6-15(12-16)22-21(23(27)19-10-9-17(31-2)13-20(19)32-3)24(28)25(29)26(22)14-18-8-5-11-33-18/h4,6-7,9-10,12-13,18,22,27H,5,8,11,14H2,1-3H3/b23-21-. The van der Waals surface area contributed by atoms with Crippen molar-refractivity contribution < 1.29 is 33.6 Å². The number of Topliss-reactive ketones (excluding diaryl/α,β-unsaturated/α-hetero) is 1. The molecular formula is C25H27NO7. The van der Waals surface area contributed by atoms with Gasteiger partial charge >= 0.3 is 0 Å². The lowest BCUT2D eigenvalue weighted by atomic mass is 9.94. The molecule has 2 heterocycles. The number of likely N-dealkylation sites (tertiary alicyclic amines) is 1. The van der Waals surface area contributed by atoms with Gasteiger partial charge in [-0.25, -0.2) is 0 Å². The van der Waals surface area contributed by atoms with E-state index in [0.717, 1.165) is 12.8 Å². The molecule has 2 aromatic rings. The predicted octanol–water partition coefficient (Wildman–Crippen LogP) is 3.31. The number of aliphatic hydroxyl groups excluding tert-OH is 1. The summed E-state index contributed by atoms with van der Waals surface area (Å²) in [4.78, 5) is 27.8. The second-order valence-electron chi connectivity index (χ2n) is 7.93. The van der Waals surface area contributed by atoms with E-state index in [1.807, 2.05) is 0 Å². The molecule has 0 spiro atoms. The van der Waals surface area contributed by atoms with Crippen LogP contribution in [0.3, 0.4) is 0 Å². The van der Waals surface area contributed by atoms with Crippen molar-refractivity contribution in [2.24, 2.45) is 0 Å². The van der Waals surface area contributed by atoms with Crippen LogP contribution < -0.4 is 14.2 Å². The van der Waals surface area contributed by atoms with Crippen molar-refractivity contribution in [2.75, 3.05) is 34.5 Å². The SMILES string of the molecule is COc1cccc(C2/C(=C(/O)c3ccc(OC)cc3OC)C(=O)C(=O)N2CC2CCCO2)c1. The lowest BCUT2D eigenvalue weighted by Gasteiger charge is -2.27. The largest absolute Gasteiger partial charge is 0.507 e. The summed E-state index contributed by atoms with van der Waals surface area (Å²) in [6.07, 6.45) is 1.55. The van der Waals surface area contributed by atoms with Crippen LogP contribution in [0.4, 0.5) is 0 Å². The number of ketones is 1. The van der Waals surface area contributed by atoms with Gasteiger partial charge in [-0.15, -0.1) is 0 Å². The zero-order chi connectivity index (χ0) is 23.5. The first-order chi connectivity index (χ1) is 16.0. The lowest BCUT2D eigenvalue weighted by molar-refractivity contribution is -0.140. The van der Waals surface area contributed by atoms with Gasteiger partial charge in [0.2, 0.25) is 0 Å². The van der Waals surface area contributed by atoms with Crippen molar-refractivity contribution in [1.29, 1.82) is 0 Å². The Kier molecular flexibility index (Phi) is 6.55. The number of ether oxygens (including phenoxy) is 4. The Bertz CT molecular complexity index is 1090. The van der Waals surface area contributed by atoms with Crippen molar-refractivity contribution >= 4 is 17.4 Å². The number of aliphatic hydroxyl groups is 1. The molecule has 0 radical (unpaired) electrons. The van der Waals surface area contributed by atoms with Crippen LogP contribution in [0.2, 0.25) is 0 Å². The van der Waals surface area contributed by atoms with Crippen LogP contribution in [0.25, 0.3) is 5.76 Å². The van der Waals surface area contributed by atoms with Crippen LogP contribution in [0.15, 0.2) is 48.0 Å². The fraction of sp³-hybridized carbons (Fsp3) is 0.360. The maximum absolute atomic E-state index is 13.2. The second-order valence-corrected chi connectivity index (χ2v) is 7.93. The highest BCUT2D eigenvalue weighted by molar-refractivity contribution is 6.46. The minimum Gasteiger partial charge on any atom is -0.507 e. The molecule has 174 valence electrons. The smallest absolute Gasteiger partial charge is 0.295 e. The van der Waals surface area contributed by atoms with Crippen LogP contribution in [0.5, 0.6) is 17.2 Å². The fourth-order valence-corrected chi connectivity index (χ4v) is 4.37. The molecule has 2 unspecified atom stereocenters. The van der Waals surface area contributed by atoms with Gasteiger partial charge in [0.25, 0.3) is 11.7 Å². The summed E-state index contributed by atoms with van der Waals surface area (Å²) in [7, 11) is 4.53. The number of carbonyl (C=O) groups excluding carboxylic acids is 2. The van der Waals surface area contributed by atoms with E-state index in [0.29, 0.717) is 35.0 Å². The van der Waals surface area contributed by atoms with E-state index >= 15 is 0 Å². The number of rotatable bonds is 7. The van der Waals surface area contributed by atoms with Gasteiger partial charge in [0, 0.05) is 19.2 Å². The maximum atomic E-state index is 13.2. The Hall–Kier alpha value is -3.52. The molecule has 2 saturated heterocycles. The van der Waals surface area contributed by atoms with Gasteiger partial charge in [0.05, 0.1) is 44.6 Å². The van der Waals surface area contributed by atoms with Gasteiger partial charge in [0.15, 0.2) is 0 Å². The average Bonchev–Trinajstić information content (AvgIpc) is 3.45. The molecule has 0 saturated carbocycles. The minimum absolute atomic E-state index is 0.00489. The van der Waals surface area contributed by atoms with E-state index in [4.69, 9.17) is 18.9 Å². The topological polar surface area (TPSA) is 94.5 Å². The van der Waals surface area contributed by atoms with Crippen molar-refractivity contribution in [3.8, 4) is 17.2 Å². The van der Waals surface area contributed by atoms with E-state index in [2.05, 4.69) is 0 Å². The van der Waals surface area contributed by atoms with Gasteiger partial charge in [-0.05, 0) is 42.7 Å². The molecular weight excluding hydrogens is 426 g/mol. The van der Waals surface area contributed by atoms with Crippen molar-refractivity contribution in [3.63, 3.8) is 0 Å². The molecule has 2 aromatic carbocycles. The average molecular weight is 453 g/mol. The Morgan fingerprint density at radius 3 is 2.48 bits per heavy atom. The highest BCUT2D eigenvalue weighted by atomic mass is 16.5. The molecule has 2 fully saturated rings. The Morgan fingerprint density at radius 1 is 1.06 bits per heavy atom. The molecule has 1 amide bonds. The fourth-order valence-electron chi connectivity index (χ4n) is 4.37. The third-order valence-electron chi connectivity index (χ3n) is 6.04. The summed E-state index contributed by atoms with van der Waals surface area (Å²) < 4.78 is 21.7. The molecule has 4 rings (SSSR count). The number of hydrogen-bond acceptors (Lipinski definition) is 7. The minimum atomic E-state index is -0.795. The zero-order valence-electron chi connectivity index (χ0n) is 18.9. The Morgan fingerprint density at radius 2 is 1.82 bits per heavy atom. The maximum Gasteiger partial charge on any atom is 0.295 e. The first-order valence-corrected chi connectivity index (χ1v) is 10.7. The molecule has 2 aliphatic heterocycles. The molecule has 8 nitrogen and oxygen atoms in total. The van der Waals surface area contributed by atoms with Crippen molar-refractivity contribution in [3.05, 3.63) is 59.2 Å². The van der Waals surface area contributed by atoms with Crippen LogP contribution in [-0.2, 0) is 14.3 Å². The number of amides is 1. The third-order valence-corrected chi connectivity index (χ3v) is 6.04. The Labute approximate surface area is 192 Å². The summed E-state index contributed by atoms with van der Waals surface area (Å²) in [5.74, 6) is -0.301. The lowest BCUT2D eigenvalue weighted by Crippen LogP contribution is -2.36. The molecule has 0 aromatic heterocycles. The molecule has 2 atom stereocenters. The van der Waals surface area contributed by atoms with Gasteiger partial charge in [-0.1, -0.05) is 12.1 Å². The Balaban J connectivity index is 1.86. The number of nitrogens with zero attached hydrogens (tertiary/aromatic N) is 1. The number of methoxy groups -OCH3 is 3. The third kappa shape index (κ3) is 4.26. The molecule has 1 N–H and O–H groups in total. The summed E-state index contributed by atoms with van der Waals surface area (Å²) >= 11 is 0. The van der Waals surface area contributed by atoms with Crippen molar-refractivity contribution in [2.45, 2.75) is 25.0 Å². The van der Waals surface area contributed by atoms with E-state index in [1.54, 1.807) is 49.6 Å². The normalized spacial score (nSPS) is 22.0. The number of benzene rings is 2. The van der Waals surface area contributed by atoms with E-state index < -0.39 is 17.7 Å². The van der Waals surface area contributed by atoms with Gasteiger partial charge < -0.3 is 29.0 Å². The summed E-state index contributed by atoms with van der Waals surface area (Å²) in [6, 6.07) is 11.2. The highest BCUT2D eigenvalue weighted by Gasteiger charge is 2.47. The van der Waals surface area contributed by atoms with E-state index in [9.17, 15) is 14.7 Å². The molecule has 2 aliphatic rings. The number of hydrogen-bond donors (Lipinski definition) is 1. The molecule has 33 heavy (non-hydrogen) atoms. The van der Waals surface area contributed by atoms with Crippen LogP contribution >= 0.6 is 0 Å². The molecule has 0 aliphatic carbocycles. The van der Waals surface area contributed by atoms with Crippen LogP contribution in [-0.4, -0.2) is 62.3 Å². The van der Waals surface area contributed by atoms with Crippen LogP contribution in [0.1, 0.15) is 30.0 Å². The van der Waals surface area contributed by atoms with Gasteiger partial charge in [-0.2, -0.15) is 0 Å². The number of carbonyl (C=O) groups is 2. The molecule has 8 heteroatoms. The van der Waals surface area contributed by atoms with E-state index in [-0.39, 0.29) is 24.0 Å². The quantitative estimate of drug-likeness (QED) is 0.390. The summed E-state index contributed by atoms with van der Waals surface area (Å²) in [5, 5.41) is 11.3. The van der Waals surface area contributed by atoms with Gasteiger partial charge in [-0.3, -0.25) is 9.59 Å². The van der Waals surface area contributed by atoms with Crippen LogP contribution in [0, 0.1) is 0 Å². The predicted molar refractivity (Wildman–Crippen MR) is 121 cm³/mol. The zero-order valence-corrected chi connectivity index (χ0v) is 18.9. The van der Waals surface area contributed by atoms with Crippen molar-refractivity contribution in [1.82, 2.24) is 4.90 Å². The second kappa shape index (κ2) is 9.54.